The molecule has 0 aliphatic carbocycles. The van der Waals surface area contributed by atoms with Crippen molar-refractivity contribution in [3.8, 4) is 0 Å². The summed E-state index contributed by atoms with van der Waals surface area (Å²) in [5, 5.41) is 2.54. The molecule has 1 unspecified atom stereocenters. The fraction of sp³-hybridized carbons (Fsp3) is 0.750. The number of amides is 1. The SMILES string of the molecule is CCC(C)C(=O)NCC(C)=O. The largest absolute Gasteiger partial charge is 0.349 e. The van der Waals surface area contributed by atoms with Gasteiger partial charge >= 0.3 is 0 Å². The first-order chi connectivity index (χ1) is 5.07. The van der Waals surface area contributed by atoms with Gasteiger partial charge in [-0.2, -0.15) is 0 Å². The Bertz CT molecular complexity index is 154. The van der Waals surface area contributed by atoms with Crippen LogP contribution in [0.3, 0.4) is 0 Å². The molecular formula is C8H15NO2. The summed E-state index contributed by atoms with van der Waals surface area (Å²) in [5.41, 5.74) is 0. The zero-order valence-electron chi connectivity index (χ0n) is 7.31. The van der Waals surface area contributed by atoms with Crippen LogP contribution in [0.25, 0.3) is 0 Å². The van der Waals surface area contributed by atoms with Crippen molar-refractivity contribution in [2.75, 3.05) is 6.54 Å². The zero-order chi connectivity index (χ0) is 8.85. The molecule has 0 saturated heterocycles. The molecule has 0 aliphatic rings. The van der Waals surface area contributed by atoms with Crippen molar-refractivity contribution in [1.82, 2.24) is 5.32 Å². The maximum absolute atomic E-state index is 11.0. The van der Waals surface area contributed by atoms with Crippen molar-refractivity contribution in [2.45, 2.75) is 27.2 Å². The smallest absolute Gasteiger partial charge is 0.223 e. The van der Waals surface area contributed by atoms with Crippen LogP contribution in [-0.4, -0.2) is 18.2 Å². The molecular weight excluding hydrogens is 142 g/mol. The van der Waals surface area contributed by atoms with E-state index in [0.717, 1.165) is 6.42 Å². The Balaban J connectivity index is 3.60. The van der Waals surface area contributed by atoms with Crippen molar-refractivity contribution < 1.29 is 9.59 Å². The maximum Gasteiger partial charge on any atom is 0.223 e. The van der Waals surface area contributed by atoms with Crippen LogP contribution in [0.15, 0.2) is 0 Å². The van der Waals surface area contributed by atoms with Crippen molar-refractivity contribution in [2.24, 2.45) is 5.92 Å². The molecule has 0 saturated carbocycles. The summed E-state index contributed by atoms with van der Waals surface area (Å²) in [4.78, 5) is 21.5. The molecule has 1 amide bonds. The van der Waals surface area contributed by atoms with Gasteiger partial charge in [0.2, 0.25) is 5.91 Å². The summed E-state index contributed by atoms with van der Waals surface area (Å²) < 4.78 is 0. The lowest BCUT2D eigenvalue weighted by Crippen LogP contribution is -2.32. The third kappa shape index (κ3) is 4.53. The predicted octanol–water partition coefficient (Wildman–Crippen LogP) is 0.738. The minimum Gasteiger partial charge on any atom is -0.349 e. The van der Waals surface area contributed by atoms with Gasteiger partial charge in [-0.1, -0.05) is 13.8 Å². The summed E-state index contributed by atoms with van der Waals surface area (Å²) in [6.07, 6.45) is 0.809. The van der Waals surface area contributed by atoms with Crippen LogP contribution in [0, 0.1) is 5.92 Å². The van der Waals surface area contributed by atoms with E-state index < -0.39 is 0 Å². The number of Topliss-reactive ketones (excluding diaryl/α,β-unsaturated/α-hetero) is 1. The zero-order valence-corrected chi connectivity index (χ0v) is 7.31. The average Bonchev–Trinajstić information content (AvgIpc) is 1.98. The molecule has 11 heavy (non-hydrogen) atoms. The van der Waals surface area contributed by atoms with Crippen LogP contribution < -0.4 is 5.32 Å². The lowest BCUT2D eigenvalue weighted by Gasteiger charge is -2.07. The van der Waals surface area contributed by atoms with Gasteiger partial charge in [0.1, 0.15) is 5.78 Å². The number of carbonyl (C=O) groups is 2. The Kier molecular flexibility index (Phi) is 4.50. The first-order valence-electron chi connectivity index (χ1n) is 3.85. The van der Waals surface area contributed by atoms with Gasteiger partial charge in [-0.15, -0.1) is 0 Å². The molecule has 0 fully saturated rings. The van der Waals surface area contributed by atoms with E-state index in [1.807, 2.05) is 13.8 Å². The predicted molar refractivity (Wildman–Crippen MR) is 43.1 cm³/mol. The summed E-state index contributed by atoms with van der Waals surface area (Å²) in [6, 6.07) is 0. The van der Waals surface area contributed by atoms with E-state index in [2.05, 4.69) is 5.32 Å². The van der Waals surface area contributed by atoms with Crippen molar-refractivity contribution in [3.63, 3.8) is 0 Å². The van der Waals surface area contributed by atoms with Gasteiger partial charge < -0.3 is 5.32 Å². The van der Waals surface area contributed by atoms with Gasteiger partial charge in [0.25, 0.3) is 0 Å². The number of hydrogen-bond donors (Lipinski definition) is 1. The average molecular weight is 157 g/mol. The van der Waals surface area contributed by atoms with Crippen LogP contribution in [0.4, 0.5) is 0 Å². The minimum absolute atomic E-state index is 0.00866. The molecule has 0 bridgehead atoms. The van der Waals surface area contributed by atoms with E-state index in [1.165, 1.54) is 6.92 Å². The highest BCUT2D eigenvalue weighted by Gasteiger charge is 2.09. The highest BCUT2D eigenvalue weighted by Crippen LogP contribution is 1.98. The summed E-state index contributed by atoms with van der Waals surface area (Å²) in [6.45, 7) is 5.40. The summed E-state index contributed by atoms with van der Waals surface area (Å²) in [5.74, 6) is -0.0429. The standard InChI is InChI=1S/C8H15NO2/c1-4-6(2)8(11)9-5-7(3)10/h6H,4-5H2,1-3H3,(H,9,11). The van der Waals surface area contributed by atoms with Gasteiger partial charge in [0.05, 0.1) is 6.54 Å². The first-order valence-corrected chi connectivity index (χ1v) is 3.85. The Morgan fingerprint density at radius 2 is 2.00 bits per heavy atom. The third-order valence-corrected chi connectivity index (χ3v) is 1.57. The van der Waals surface area contributed by atoms with Crippen LogP contribution in [-0.2, 0) is 9.59 Å². The fourth-order valence-corrected chi connectivity index (χ4v) is 0.571. The van der Waals surface area contributed by atoms with Crippen LogP contribution in [0.2, 0.25) is 0 Å². The second-order valence-electron chi connectivity index (χ2n) is 2.73. The van der Waals surface area contributed by atoms with Crippen LogP contribution in [0.1, 0.15) is 27.2 Å². The molecule has 0 spiro atoms. The maximum atomic E-state index is 11.0. The second-order valence-corrected chi connectivity index (χ2v) is 2.73. The number of nitrogens with one attached hydrogen (secondary N) is 1. The van der Waals surface area contributed by atoms with E-state index in [0.29, 0.717) is 0 Å². The molecule has 0 rings (SSSR count). The van der Waals surface area contributed by atoms with E-state index in [4.69, 9.17) is 0 Å². The van der Waals surface area contributed by atoms with E-state index in [1.54, 1.807) is 0 Å². The van der Waals surface area contributed by atoms with E-state index in [9.17, 15) is 9.59 Å². The molecule has 0 aromatic rings. The normalized spacial score (nSPS) is 12.3. The number of carbonyl (C=O) groups excluding carboxylic acids is 2. The number of rotatable bonds is 4. The highest BCUT2D eigenvalue weighted by atomic mass is 16.2. The Morgan fingerprint density at radius 1 is 1.45 bits per heavy atom. The van der Waals surface area contributed by atoms with Gasteiger partial charge in [0.15, 0.2) is 0 Å². The Labute approximate surface area is 67.2 Å². The molecule has 0 aliphatic heterocycles. The Hall–Kier alpha value is -0.860. The van der Waals surface area contributed by atoms with Gasteiger partial charge in [-0.05, 0) is 13.3 Å². The minimum atomic E-state index is -0.0392. The number of hydrogen-bond acceptors (Lipinski definition) is 2. The third-order valence-electron chi connectivity index (χ3n) is 1.57. The van der Waals surface area contributed by atoms with Crippen LogP contribution in [0.5, 0.6) is 0 Å². The van der Waals surface area contributed by atoms with Crippen LogP contribution >= 0.6 is 0 Å². The molecule has 0 aromatic carbocycles. The molecule has 1 N–H and O–H groups in total. The first kappa shape index (κ1) is 10.1. The molecule has 64 valence electrons. The monoisotopic (exact) mass is 157 g/mol. The van der Waals surface area contributed by atoms with Gasteiger partial charge in [-0.3, -0.25) is 9.59 Å². The lowest BCUT2D eigenvalue weighted by molar-refractivity contribution is -0.127. The second kappa shape index (κ2) is 4.88. The summed E-state index contributed by atoms with van der Waals surface area (Å²) in [7, 11) is 0. The lowest BCUT2D eigenvalue weighted by atomic mass is 10.1. The Morgan fingerprint density at radius 3 is 2.36 bits per heavy atom. The fourth-order valence-electron chi connectivity index (χ4n) is 0.571. The van der Waals surface area contributed by atoms with Crippen molar-refractivity contribution >= 4 is 11.7 Å². The van der Waals surface area contributed by atoms with Gasteiger partial charge in [-0.25, -0.2) is 0 Å². The van der Waals surface area contributed by atoms with Crippen molar-refractivity contribution in [3.05, 3.63) is 0 Å². The van der Waals surface area contributed by atoms with E-state index in [-0.39, 0.29) is 24.2 Å². The molecule has 3 nitrogen and oxygen atoms in total. The molecule has 0 heterocycles. The molecule has 0 aromatic heterocycles. The quantitative estimate of drug-likeness (QED) is 0.654. The molecule has 3 heteroatoms. The molecule has 0 radical (unpaired) electrons. The number of ketones is 1. The van der Waals surface area contributed by atoms with E-state index >= 15 is 0 Å². The van der Waals surface area contributed by atoms with Gasteiger partial charge in [0, 0.05) is 5.92 Å². The highest BCUT2D eigenvalue weighted by molar-refractivity contribution is 5.85. The van der Waals surface area contributed by atoms with Crippen molar-refractivity contribution in [1.29, 1.82) is 0 Å². The molecule has 1 atom stereocenters. The summed E-state index contributed by atoms with van der Waals surface area (Å²) >= 11 is 0. The topological polar surface area (TPSA) is 46.2 Å².